The Balaban J connectivity index is 1.36. The smallest absolute Gasteiger partial charge is 0.307 e. The number of amides is 1. The summed E-state index contributed by atoms with van der Waals surface area (Å²) in [5.74, 6) is -1.06. The third kappa shape index (κ3) is 3.52. The van der Waals surface area contributed by atoms with Gasteiger partial charge in [0.15, 0.2) is 11.6 Å². The Morgan fingerprint density at radius 2 is 2.00 bits per heavy atom. The van der Waals surface area contributed by atoms with Crippen LogP contribution in [0.2, 0.25) is 0 Å². The molecule has 1 saturated heterocycles. The minimum atomic E-state index is -0.708. The zero-order valence-corrected chi connectivity index (χ0v) is 13.5. The number of hydrogen-bond donors (Lipinski definition) is 1. The van der Waals surface area contributed by atoms with E-state index in [9.17, 15) is 14.0 Å². The number of carboxylic acids is 1. The van der Waals surface area contributed by atoms with Gasteiger partial charge in [0.25, 0.3) is 0 Å². The van der Waals surface area contributed by atoms with Crippen molar-refractivity contribution in [3.63, 3.8) is 0 Å². The minimum Gasteiger partial charge on any atom is -0.491 e. The van der Waals surface area contributed by atoms with Gasteiger partial charge in [0.2, 0.25) is 5.91 Å². The highest BCUT2D eigenvalue weighted by Gasteiger charge is 2.59. The number of nitrogens with zero attached hydrogens (tertiary/aromatic N) is 1. The summed E-state index contributed by atoms with van der Waals surface area (Å²) < 4.78 is 18.7. The van der Waals surface area contributed by atoms with Crippen molar-refractivity contribution in [2.24, 2.45) is 11.3 Å². The molecule has 1 aliphatic carbocycles. The van der Waals surface area contributed by atoms with Gasteiger partial charge in [-0.2, -0.15) is 0 Å². The standard InChI is InChI=1S/C18H22FNO4/c19-14-4-1-2-5-15(14)24-11-3-6-16(21)20-9-7-18(8-10-20)12-13(18)17(22)23/h1-2,4-5,13H,3,6-12H2,(H,22,23). The average molecular weight is 335 g/mol. The Hall–Kier alpha value is -2.11. The van der Waals surface area contributed by atoms with Crippen LogP contribution >= 0.6 is 0 Å². The van der Waals surface area contributed by atoms with Gasteiger partial charge in [-0.05, 0) is 43.2 Å². The van der Waals surface area contributed by atoms with E-state index in [1.165, 1.54) is 6.07 Å². The molecule has 2 aliphatic rings. The lowest BCUT2D eigenvalue weighted by Crippen LogP contribution is -2.40. The molecule has 6 heteroatoms. The van der Waals surface area contributed by atoms with Crippen molar-refractivity contribution in [2.45, 2.75) is 32.1 Å². The van der Waals surface area contributed by atoms with Gasteiger partial charge < -0.3 is 14.7 Å². The average Bonchev–Trinajstić information content (AvgIpc) is 3.27. The van der Waals surface area contributed by atoms with Gasteiger partial charge in [0, 0.05) is 19.5 Å². The fourth-order valence-electron chi connectivity index (χ4n) is 3.58. The normalized spacial score (nSPS) is 21.5. The van der Waals surface area contributed by atoms with Crippen LogP contribution in [-0.2, 0) is 9.59 Å². The monoisotopic (exact) mass is 335 g/mol. The predicted octanol–water partition coefficient (Wildman–Crippen LogP) is 2.70. The van der Waals surface area contributed by atoms with Gasteiger partial charge in [-0.15, -0.1) is 0 Å². The molecule has 130 valence electrons. The molecule has 5 nitrogen and oxygen atoms in total. The summed E-state index contributed by atoms with van der Waals surface area (Å²) in [6.45, 7) is 1.57. The number of piperidine rings is 1. The first-order valence-electron chi connectivity index (χ1n) is 8.40. The Kier molecular flexibility index (Phi) is 4.73. The number of ether oxygens (including phenoxy) is 1. The number of para-hydroxylation sites is 1. The Labute approximate surface area is 140 Å². The SMILES string of the molecule is O=C(O)C1CC12CCN(C(=O)CCCOc1ccccc1F)CC2. The number of rotatable bonds is 6. The second-order valence-electron chi connectivity index (χ2n) is 6.72. The molecule has 1 atom stereocenters. The number of carbonyl (C=O) groups is 2. The highest BCUT2D eigenvalue weighted by molar-refractivity contribution is 5.77. The van der Waals surface area contributed by atoms with Gasteiger partial charge in [0.1, 0.15) is 0 Å². The molecule has 3 rings (SSSR count). The number of halogens is 1. The molecule has 1 N–H and O–H groups in total. The van der Waals surface area contributed by atoms with Gasteiger partial charge in [-0.1, -0.05) is 12.1 Å². The lowest BCUT2D eigenvalue weighted by atomic mass is 9.90. The fourth-order valence-corrected chi connectivity index (χ4v) is 3.58. The van der Waals surface area contributed by atoms with Crippen molar-refractivity contribution in [3.05, 3.63) is 30.1 Å². The quantitative estimate of drug-likeness (QED) is 0.812. The van der Waals surface area contributed by atoms with Crippen LogP contribution in [-0.4, -0.2) is 41.6 Å². The highest BCUT2D eigenvalue weighted by atomic mass is 19.1. The van der Waals surface area contributed by atoms with E-state index in [0.29, 0.717) is 32.5 Å². The Morgan fingerprint density at radius 3 is 2.62 bits per heavy atom. The molecule has 1 aromatic carbocycles. The highest BCUT2D eigenvalue weighted by Crippen LogP contribution is 2.59. The molecule has 1 saturated carbocycles. The van der Waals surface area contributed by atoms with E-state index in [0.717, 1.165) is 19.3 Å². The topological polar surface area (TPSA) is 66.8 Å². The molecule has 2 fully saturated rings. The summed E-state index contributed by atoms with van der Waals surface area (Å²) in [5.41, 5.74) is -0.0590. The second-order valence-corrected chi connectivity index (χ2v) is 6.72. The lowest BCUT2D eigenvalue weighted by molar-refractivity contribution is -0.139. The number of aliphatic carboxylic acids is 1. The van der Waals surface area contributed by atoms with E-state index in [2.05, 4.69) is 0 Å². The first-order valence-corrected chi connectivity index (χ1v) is 8.40. The molecular weight excluding hydrogens is 313 g/mol. The van der Waals surface area contributed by atoms with Crippen molar-refractivity contribution in [1.29, 1.82) is 0 Å². The van der Waals surface area contributed by atoms with E-state index in [1.54, 1.807) is 18.2 Å². The Morgan fingerprint density at radius 1 is 1.29 bits per heavy atom. The van der Waals surface area contributed by atoms with E-state index >= 15 is 0 Å². The first-order chi connectivity index (χ1) is 11.5. The van der Waals surface area contributed by atoms with Crippen molar-refractivity contribution in [1.82, 2.24) is 4.90 Å². The minimum absolute atomic E-state index is 0.0590. The van der Waals surface area contributed by atoms with Crippen LogP contribution in [0.5, 0.6) is 5.75 Å². The summed E-state index contributed by atoms with van der Waals surface area (Å²) in [6.07, 6.45) is 3.21. The maximum absolute atomic E-state index is 13.4. The van der Waals surface area contributed by atoms with Crippen LogP contribution in [0.4, 0.5) is 4.39 Å². The van der Waals surface area contributed by atoms with Gasteiger partial charge in [0.05, 0.1) is 12.5 Å². The molecular formula is C18H22FNO4. The molecule has 1 heterocycles. The number of carbonyl (C=O) groups excluding carboxylic acids is 1. The zero-order chi connectivity index (χ0) is 17.2. The van der Waals surface area contributed by atoms with Crippen LogP contribution in [0.15, 0.2) is 24.3 Å². The number of carboxylic acid groups (broad SMARTS) is 1. The third-order valence-electron chi connectivity index (χ3n) is 5.23. The summed E-state index contributed by atoms with van der Waals surface area (Å²) in [5, 5.41) is 9.08. The molecule has 0 radical (unpaired) electrons. The van der Waals surface area contributed by atoms with Gasteiger partial charge in [-0.25, -0.2) is 4.39 Å². The van der Waals surface area contributed by atoms with Crippen LogP contribution in [0, 0.1) is 17.2 Å². The number of benzene rings is 1. The summed E-state index contributed by atoms with van der Waals surface area (Å²) >= 11 is 0. The molecule has 24 heavy (non-hydrogen) atoms. The van der Waals surface area contributed by atoms with Gasteiger partial charge in [-0.3, -0.25) is 9.59 Å². The van der Waals surface area contributed by atoms with E-state index in [1.807, 2.05) is 4.90 Å². The molecule has 1 amide bonds. The van der Waals surface area contributed by atoms with Crippen LogP contribution in [0.1, 0.15) is 32.1 Å². The number of hydrogen-bond acceptors (Lipinski definition) is 3. The van der Waals surface area contributed by atoms with Crippen molar-refractivity contribution >= 4 is 11.9 Å². The third-order valence-corrected chi connectivity index (χ3v) is 5.23. The Bertz CT molecular complexity index is 625. The molecule has 1 unspecified atom stereocenters. The zero-order valence-electron chi connectivity index (χ0n) is 13.5. The van der Waals surface area contributed by atoms with Crippen molar-refractivity contribution in [3.8, 4) is 5.75 Å². The largest absolute Gasteiger partial charge is 0.491 e. The van der Waals surface area contributed by atoms with Gasteiger partial charge >= 0.3 is 5.97 Å². The fraction of sp³-hybridized carbons (Fsp3) is 0.556. The molecule has 0 bridgehead atoms. The number of likely N-dealkylation sites (tertiary alicyclic amines) is 1. The van der Waals surface area contributed by atoms with E-state index in [4.69, 9.17) is 9.84 Å². The van der Waals surface area contributed by atoms with E-state index in [-0.39, 0.29) is 23.0 Å². The first kappa shape index (κ1) is 16.7. The lowest BCUT2D eigenvalue weighted by Gasteiger charge is -2.32. The molecule has 1 spiro atoms. The summed E-state index contributed by atoms with van der Waals surface area (Å²) in [6, 6.07) is 6.21. The predicted molar refractivity (Wildman–Crippen MR) is 85.1 cm³/mol. The van der Waals surface area contributed by atoms with E-state index < -0.39 is 11.8 Å². The maximum Gasteiger partial charge on any atom is 0.307 e. The van der Waals surface area contributed by atoms with Crippen LogP contribution in [0.25, 0.3) is 0 Å². The maximum atomic E-state index is 13.4. The second kappa shape index (κ2) is 6.79. The van der Waals surface area contributed by atoms with Crippen LogP contribution in [0.3, 0.4) is 0 Å². The van der Waals surface area contributed by atoms with Crippen LogP contribution < -0.4 is 4.74 Å². The van der Waals surface area contributed by atoms with Crippen molar-refractivity contribution in [2.75, 3.05) is 19.7 Å². The molecule has 0 aromatic heterocycles. The molecule has 1 aromatic rings. The summed E-state index contributed by atoms with van der Waals surface area (Å²) in [7, 11) is 0. The molecule has 1 aliphatic heterocycles. The summed E-state index contributed by atoms with van der Waals surface area (Å²) in [4.78, 5) is 25.1. The van der Waals surface area contributed by atoms with Crippen molar-refractivity contribution < 1.29 is 23.8 Å².